The largest absolute Gasteiger partial charge is 0.246 e. The first kappa shape index (κ1) is 16.4. The summed E-state index contributed by atoms with van der Waals surface area (Å²) in [5.74, 6) is -0.617. The van der Waals surface area contributed by atoms with Crippen molar-refractivity contribution in [2.45, 2.75) is 24.2 Å². The molecule has 21 heavy (non-hydrogen) atoms. The summed E-state index contributed by atoms with van der Waals surface area (Å²) >= 11 is 7.17. The first-order valence-electron chi connectivity index (χ1n) is 6.36. The molecule has 7 heteroatoms. The first-order valence-corrected chi connectivity index (χ1v) is 9.21. The van der Waals surface area contributed by atoms with Gasteiger partial charge in [0, 0.05) is 23.8 Å². The molecule has 1 aromatic heterocycles. The van der Waals surface area contributed by atoms with E-state index in [2.05, 4.69) is 0 Å². The van der Waals surface area contributed by atoms with Crippen molar-refractivity contribution >= 4 is 33.0 Å². The van der Waals surface area contributed by atoms with E-state index in [1.807, 2.05) is 17.5 Å². The van der Waals surface area contributed by atoms with Crippen LogP contribution in [0.1, 0.15) is 17.4 Å². The fourth-order valence-corrected chi connectivity index (χ4v) is 4.42. The van der Waals surface area contributed by atoms with E-state index in [0.29, 0.717) is 5.56 Å². The minimum Gasteiger partial charge on any atom is -0.207 e. The fraction of sp³-hybridized carbons (Fsp3) is 0.286. The number of sulfonamides is 1. The number of thiophene rings is 1. The van der Waals surface area contributed by atoms with Gasteiger partial charge < -0.3 is 0 Å². The van der Waals surface area contributed by atoms with Crippen LogP contribution in [-0.2, 0) is 22.4 Å². The molecule has 0 fully saturated rings. The molecule has 0 spiro atoms. The van der Waals surface area contributed by atoms with Gasteiger partial charge in [0.25, 0.3) is 0 Å². The molecule has 0 amide bonds. The summed E-state index contributed by atoms with van der Waals surface area (Å²) in [6.07, 6.45) is 0. The maximum Gasteiger partial charge on any atom is 0.246 e. The molecule has 1 aromatic carbocycles. The number of alkyl halides is 1. The minimum absolute atomic E-state index is 0.139. The van der Waals surface area contributed by atoms with E-state index < -0.39 is 15.8 Å². The van der Waals surface area contributed by atoms with E-state index in [9.17, 15) is 12.8 Å². The van der Waals surface area contributed by atoms with E-state index in [0.717, 1.165) is 10.9 Å². The van der Waals surface area contributed by atoms with Gasteiger partial charge in [0.15, 0.2) is 0 Å². The van der Waals surface area contributed by atoms with Gasteiger partial charge in [0.1, 0.15) is 10.7 Å². The molecule has 0 bridgehead atoms. The Labute approximate surface area is 133 Å². The molecule has 114 valence electrons. The van der Waals surface area contributed by atoms with Crippen molar-refractivity contribution in [3.05, 3.63) is 52.0 Å². The topological polar surface area (TPSA) is 37.4 Å². The Morgan fingerprint density at radius 2 is 2.10 bits per heavy atom. The fourth-order valence-electron chi connectivity index (χ4n) is 1.91. The quantitative estimate of drug-likeness (QED) is 0.744. The third kappa shape index (κ3) is 3.63. The van der Waals surface area contributed by atoms with Crippen LogP contribution in [0.4, 0.5) is 4.39 Å². The Bertz CT molecular complexity index is 702. The summed E-state index contributed by atoms with van der Waals surface area (Å²) in [6.45, 7) is 2.24. The third-order valence-electron chi connectivity index (χ3n) is 3.03. The molecule has 2 aromatic rings. The summed E-state index contributed by atoms with van der Waals surface area (Å²) in [6, 6.07) is 7.64. The lowest BCUT2D eigenvalue weighted by molar-refractivity contribution is 0.422. The van der Waals surface area contributed by atoms with Crippen molar-refractivity contribution in [3.63, 3.8) is 0 Å². The normalized spacial score (nSPS) is 12.0. The van der Waals surface area contributed by atoms with Crippen molar-refractivity contribution in [2.75, 3.05) is 6.54 Å². The van der Waals surface area contributed by atoms with Gasteiger partial charge in [-0.25, -0.2) is 12.8 Å². The second-order valence-electron chi connectivity index (χ2n) is 4.41. The van der Waals surface area contributed by atoms with Crippen molar-refractivity contribution in [2.24, 2.45) is 0 Å². The average molecular weight is 348 g/mol. The molecular formula is C14H15ClFNO2S2. The molecule has 0 aliphatic rings. The summed E-state index contributed by atoms with van der Waals surface area (Å²) in [5, 5.41) is 1.88. The number of rotatable bonds is 6. The van der Waals surface area contributed by atoms with Crippen molar-refractivity contribution in [1.29, 1.82) is 0 Å². The lowest BCUT2D eigenvalue weighted by atomic mass is 10.2. The number of hydrogen-bond donors (Lipinski definition) is 0. The molecule has 3 nitrogen and oxygen atoms in total. The highest BCUT2D eigenvalue weighted by molar-refractivity contribution is 7.89. The molecule has 2 rings (SSSR count). The average Bonchev–Trinajstić information content (AvgIpc) is 2.98. The highest BCUT2D eigenvalue weighted by atomic mass is 35.5. The molecule has 0 atom stereocenters. The van der Waals surface area contributed by atoms with Crippen LogP contribution >= 0.6 is 22.9 Å². The van der Waals surface area contributed by atoms with Crippen LogP contribution in [0.2, 0.25) is 0 Å². The maximum absolute atomic E-state index is 13.9. The molecule has 0 unspecified atom stereocenters. The molecule has 0 aliphatic carbocycles. The van der Waals surface area contributed by atoms with E-state index in [-0.39, 0.29) is 23.9 Å². The van der Waals surface area contributed by atoms with Crippen LogP contribution in [-0.4, -0.2) is 19.3 Å². The van der Waals surface area contributed by atoms with Gasteiger partial charge in [0.05, 0.1) is 0 Å². The molecular weight excluding hydrogens is 333 g/mol. The van der Waals surface area contributed by atoms with Crippen LogP contribution < -0.4 is 0 Å². The van der Waals surface area contributed by atoms with Gasteiger partial charge in [-0.15, -0.1) is 22.9 Å². The highest BCUT2D eigenvalue weighted by Gasteiger charge is 2.27. The Balaban J connectivity index is 2.39. The predicted molar refractivity (Wildman–Crippen MR) is 83.5 cm³/mol. The van der Waals surface area contributed by atoms with Crippen molar-refractivity contribution < 1.29 is 12.8 Å². The van der Waals surface area contributed by atoms with E-state index in [1.54, 1.807) is 6.92 Å². The maximum atomic E-state index is 13.9. The van der Waals surface area contributed by atoms with Gasteiger partial charge >= 0.3 is 0 Å². The van der Waals surface area contributed by atoms with Crippen LogP contribution in [0.15, 0.2) is 40.6 Å². The Morgan fingerprint density at radius 3 is 2.67 bits per heavy atom. The second-order valence-corrected chi connectivity index (χ2v) is 7.61. The van der Waals surface area contributed by atoms with Gasteiger partial charge in [-0.3, -0.25) is 0 Å². The monoisotopic (exact) mass is 347 g/mol. The molecule has 0 radical (unpaired) electrons. The van der Waals surface area contributed by atoms with Gasteiger partial charge in [-0.05, 0) is 29.1 Å². The Kier molecular flexibility index (Phi) is 5.37. The summed E-state index contributed by atoms with van der Waals surface area (Å²) in [5.41, 5.74) is 0.573. The highest BCUT2D eigenvalue weighted by Crippen LogP contribution is 2.24. The Hall–Kier alpha value is -0.950. The van der Waals surface area contributed by atoms with Crippen LogP contribution in [0.25, 0.3) is 0 Å². The molecule has 0 saturated heterocycles. The van der Waals surface area contributed by atoms with Crippen molar-refractivity contribution in [3.8, 4) is 0 Å². The smallest absolute Gasteiger partial charge is 0.207 e. The summed E-state index contributed by atoms with van der Waals surface area (Å²) in [7, 11) is -3.88. The zero-order valence-corrected chi connectivity index (χ0v) is 13.8. The molecule has 1 heterocycles. The lowest BCUT2D eigenvalue weighted by Crippen LogP contribution is -2.30. The molecule has 0 aliphatic heterocycles. The third-order valence-corrected chi connectivity index (χ3v) is 6.14. The van der Waals surface area contributed by atoms with Crippen LogP contribution in [0.3, 0.4) is 0 Å². The number of nitrogens with zero attached hydrogens (tertiary/aromatic N) is 1. The first-order chi connectivity index (χ1) is 9.98. The van der Waals surface area contributed by atoms with E-state index in [1.165, 1.54) is 27.8 Å². The second kappa shape index (κ2) is 6.87. The minimum atomic E-state index is -3.88. The molecule has 0 saturated carbocycles. The zero-order chi connectivity index (χ0) is 15.5. The number of halogens is 2. The number of benzene rings is 1. The SMILES string of the molecule is CCN(Cc1cccs1)S(=O)(=O)c1cc(CCl)ccc1F. The van der Waals surface area contributed by atoms with Gasteiger partial charge in [-0.1, -0.05) is 19.1 Å². The zero-order valence-electron chi connectivity index (χ0n) is 11.4. The standard InChI is InChI=1S/C14H15ClFNO2S2/c1-2-17(10-12-4-3-7-20-12)21(18,19)14-8-11(9-15)5-6-13(14)16/h3-8H,2,9-10H2,1H3. The number of hydrogen-bond acceptors (Lipinski definition) is 3. The van der Waals surface area contributed by atoms with Gasteiger partial charge in [-0.2, -0.15) is 4.31 Å². The van der Waals surface area contributed by atoms with Crippen LogP contribution in [0.5, 0.6) is 0 Å². The molecule has 0 N–H and O–H groups in total. The summed E-state index contributed by atoms with van der Waals surface area (Å²) in [4.78, 5) is 0.591. The summed E-state index contributed by atoms with van der Waals surface area (Å²) < 4.78 is 40.4. The predicted octanol–water partition coefficient (Wildman–Crippen LogP) is 3.84. The van der Waals surface area contributed by atoms with E-state index in [4.69, 9.17) is 11.6 Å². The van der Waals surface area contributed by atoms with Crippen LogP contribution in [0, 0.1) is 5.82 Å². The van der Waals surface area contributed by atoms with E-state index >= 15 is 0 Å². The van der Waals surface area contributed by atoms with Crippen molar-refractivity contribution in [1.82, 2.24) is 4.31 Å². The Morgan fingerprint density at radius 1 is 1.33 bits per heavy atom. The lowest BCUT2D eigenvalue weighted by Gasteiger charge is -2.20. The van der Waals surface area contributed by atoms with Gasteiger partial charge in [0.2, 0.25) is 10.0 Å².